The van der Waals surface area contributed by atoms with Crippen LogP contribution in [0.25, 0.3) is 0 Å². The van der Waals surface area contributed by atoms with Crippen molar-refractivity contribution in [3.8, 4) is 0 Å². The van der Waals surface area contributed by atoms with E-state index in [2.05, 4.69) is 4.90 Å². The third-order valence-electron chi connectivity index (χ3n) is 5.04. The molecule has 4 nitrogen and oxygen atoms in total. The zero-order valence-corrected chi connectivity index (χ0v) is 15.5. The quantitative estimate of drug-likeness (QED) is 0.818. The highest BCUT2D eigenvalue weighted by atomic mass is 32.1. The molecule has 2 aliphatic heterocycles. The van der Waals surface area contributed by atoms with Crippen LogP contribution in [0.2, 0.25) is 0 Å². The van der Waals surface area contributed by atoms with Gasteiger partial charge in [0.25, 0.3) is 5.91 Å². The van der Waals surface area contributed by atoms with E-state index in [9.17, 15) is 9.18 Å². The van der Waals surface area contributed by atoms with Crippen molar-refractivity contribution in [2.24, 2.45) is 0 Å². The SMILES string of the molecule is O=C(c1ccc(C2CCCO2)s1)N1CCN(Cc2cccc(F)c2)CC1. The van der Waals surface area contributed by atoms with Crippen LogP contribution in [0.3, 0.4) is 0 Å². The summed E-state index contributed by atoms with van der Waals surface area (Å²) in [6.07, 6.45) is 2.32. The van der Waals surface area contributed by atoms with Gasteiger partial charge in [0.2, 0.25) is 0 Å². The predicted octanol–water partition coefficient (Wildman–Crippen LogP) is 3.70. The van der Waals surface area contributed by atoms with Crippen LogP contribution in [0.15, 0.2) is 36.4 Å². The van der Waals surface area contributed by atoms with E-state index in [-0.39, 0.29) is 17.8 Å². The highest BCUT2D eigenvalue weighted by Gasteiger charge is 2.25. The molecular formula is C20H23FN2O2S. The Bertz CT molecular complexity index is 765. The van der Waals surface area contributed by atoms with E-state index in [0.29, 0.717) is 13.1 Å². The molecule has 2 saturated heterocycles. The molecule has 1 amide bonds. The van der Waals surface area contributed by atoms with Crippen LogP contribution >= 0.6 is 11.3 Å². The molecule has 2 aliphatic rings. The number of hydrogen-bond acceptors (Lipinski definition) is 4. The second-order valence-corrected chi connectivity index (χ2v) is 8.02. The summed E-state index contributed by atoms with van der Waals surface area (Å²) in [5, 5.41) is 0. The molecule has 2 fully saturated rings. The zero-order valence-electron chi connectivity index (χ0n) is 14.7. The van der Waals surface area contributed by atoms with Gasteiger partial charge in [-0.1, -0.05) is 12.1 Å². The third-order valence-corrected chi connectivity index (χ3v) is 6.20. The van der Waals surface area contributed by atoms with Crippen molar-refractivity contribution in [2.45, 2.75) is 25.5 Å². The molecule has 1 unspecified atom stereocenters. The largest absolute Gasteiger partial charge is 0.373 e. The van der Waals surface area contributed by atoms with Gasteiger partial charge in [0.15, 0.2) is 0 Å². The van der Waals surface area contributed by atoms with E-state index in [1.807, 2.05) is 23.1 Å². The second-order valence-electron chi connectivity index (χ2n) is 6.90. The molecule has 1 aromatic carbocycles. The zero-order chi connectivity index (χ0) is 17.9. The molecule has 26 heavy (non-hydrogen) atoms. The molecule has 0 bridgehead atoms. The van der Waals surface area contributed by atoms with Crippen molar-refractivity contribution in [3.05, 3.63) is 57.5 Å². The first-order chi connectivity index (χ1) is 12.7. The van der Waals surface area contributed by atoms with Crippen LogP contribution in [0.5, 0.6) is 0 Å². The van der Waals surface area contributed by atoms with Gasteiger partial charge in [-0.25, -0.2) is 4.39 Å². The summed E-state index contributed by atoms with van der Waals surface area (Å²) in [6.45, 7) is 4.59. The van der Waals surface area contributed by atoms with E-state index in [0.717, 1.165) is 54.4 Å². The van der Waals surface area contributed by atoms with Gasteiger partial charge in [0.1, 0.15) is 5.82 Å². The monoisotopic (exact) mass is 374 g/mol. The van der Waals surface area contributed by atoms with E-state index < -0.39 is 0 Å². The number of halogens is 1. The summed E-state index contributed by atoms with van der Waals surface area (Å²) in [5.41, 5.74) is 0.976. The van der Waals surface area contributed by atoms with Gasteiger partial charge < -0.3 is 9.64 Å². The van der Waals surface area contributed by atoms with Crippen molar-refractivity contribution in [1.29, 1.82) is 0 Å². The summed E-state index contributed by atoms with van der Waals surface area (Å²) in [5.74, 6) is -0.0827. The molecule has 0 aliphatic carbocycles. The van der Waals surface area contributed by atoms with Gasteiger partial charge in [-0.15, -0.1) is 11.3 Å². The molecule has 138 valence electrons. The number of hydrogen-bond donors (Lipinski definition) is 0. The van der Waals surface area contributed by atoms with Crippen LogP contribution in [0.1, 0.15) is 39.1 Å². The topological polar surface area (TPSA) is 32.8 Å². The number of carbonyl (C=O) groups excluding carboxylic acids is 1. The van der Waals surface area contributed by atoms with E-state index in [1.165, 1.54) is 6.07 Å². The summed E-state index contributed by atoms with van der Waals surface area (Å²) in [6, 6.07) is 10.7. The van der Waals surface area contributed by atoms with E-state index in [4.69, 9.17) is 4.74 Å². The summed E-state index contributed by atoms with van der Waals surface area (Å²) < 4.78 is 19.0. The second kappa shape index (κ2) is 7.86. The minimum absolute atomic E-state index is 0.115. The van der Waals surface area contributed by atoms with Crippen LogP contribution in [-0.4, -0.2) is 48.5 Å². The highest BCUT2D eigenvalue weighted by Crippen LogP contribution is 2.33. The Morgan fingerprint density at radius 1 is 1.19 bits per heavy atom. The summed E-state index contributed by atoms with van der Waals surface area (Å²) >= 11 is 1.57. The molecule has 2 aromatic rings. The van der Waals surface area contributed by atoms with Crippen molar-refractivity contribution in [2.75, 3.05) is 32.8 Å². The molecule has 0 N–H and O–H groups in total. The van der Waals surface area contributed by atoms with Gasteiger partial charge in [-0.3, -0.25) is 9.69 Å². The fraction of sp³-hybridized carbons (Fsp3) is 0.450. The lowest BCUT2D eigenvalue weighted by Crippen LogP contribution is -2.48. The number of carbonyl (C=O) groups is 1. The van der Waals surface area contributed by atoms with Crippen molar-refractivity contribution in [3.63, 3.8) is 0 Å². The lowest BCUT2D eigenvalue weighted by atomic mass is 10.2. The van der Waals surface area contributed by atoms with E-state index >= 15 is 0 Å². The summed E-state index contributed by atoms with van der Waals surface area (Å²) in [7, 11) is 0. The first-order valence-electron chi connectivity index (χ1n) is 9.16. The van der Waals surface area contributed by atoms with E-state index in [1.54, 1.807) is 23.5 Å². The van der Waals surface area contributed by atoms with Crippen LogP contribution in [-0.2, 0) is 11.3 Å². The average Bonchev–Trinajstić information content (AvgIpc) is 3.33. The smallest absolute Gasteiger partial charge is 0.264 e. The van der Waals surface area contributed by atoms with Crippen LogP contribution < -0.4 is 0 Å². The van der Waals surface area contributed by atoms with Gasteiger partial charge >= 0.3 is 0 Å². The molecule has 0 radical (unpaired) electrons. The number of nitrogens with zero attached hydrogens (tertiary/aromatic N) is 2. The predicted molar refractivity (Wildman–Crippen MR) is 99.8 cm³/mol. The minimum atomic E-state index is -0.198. The minimum Gasteiger partial charge on any atom is -0.373 e. The first kappa shape index (κ1) is 17.6. The number of thiophene rings is 1. The van der Waals surface area contributed by atoms with Crippen LogP contribution in [0, 0.1) is 5.82 Å². The Labute approximate surface area is 157 Å². The fourth-order valence-electron chi connectivity index (χ4n) is 3.60. The standard InChI is InChI=1S/C20H23FN2O2S/c21-16-4-1-3-15(13-16)14-22-8-10-23(11-9-22)20(24)19-7-6-18(26-19)17-5-2-12-25-17/h1,3-4,6-7,13,17H,2,5,8-12,14H2. The van der Waals surface area contributed by atoms with Gasteiger partial charge in [-0.05, 0) is 42.7 Å². The number of benzene rings is 1. The molecule has 4 rings (SSSR count). The maximum atomic E-state index is 13.3. The molecule has 1 atom stereocenters. The van der Waals surface area contributed by atoms with Crippen LogP contribution in [0.4, 0.5) is 4.39 Å². The number of amides is 1. The first-order valence-corrected chi connectivity index (χ1v) is 9.98. The third kappa shape index (κ3) is 3.98. The average molecular weight is 374 g/mol. The maximum Gasteiger partial charge on any atom is 0.264 e. The Morgan fingerprint density at radius 3 is 2.77 bits per heavy atom. The van der Waals surface area contributed by atoms with Gasteiger partial charge in [-0.2, -0.15) is 0 Å². The molecule has 0 saturated carbocycles. The maximum absolute atomic E-state index is 13.3. The van der Waals surface area contributed by atoms with Crippen molar-refractivity contribution in [1.82, 2.24) is 9.80 Å². The number of ether oxygens (including phenoxy) is 1. The Hall–Kier alpha value is -1.76. The molecule has 0 spiro atoms. The number of piperazine rings is 1. The lowest BCUT2D eigenvalue weighted by Gasteiger charge is -2.34. The van der Waals surface area contributed by atoms with Crippen molar-refractivity contribution >= 4 is 17.2 Å². The molecule has 3 heterocycles. The van der Waals surface area contributed by atoms with Gasteiger partial charge in [0.05, 0.1) is 11.0 Å². The molecular weight excluding hydrogens is 351 g/mol. The molecule has 1 aromatic heterocycles. The van der Waals surface area contributed by atoms with Gasteiger partial charge in [0, 0.05) is 44.2 Å². The summed E-state index contributed by atoms with van der Waals surface area (Å²) in [4.78, 5) is 18.9. The Kier molecular flexibility index (Phi) is 5.33. The number of rotatable bonds is 4. The van der Waals surface area contributed by atoms with Crippen molar-refractivity contribution < 1.29 is 13.9 Å². The normalized spacial score (nSPS) is 21.3. The lowest BCUT2D eigenvalue weighted by molar-refractivity contribution is 0.0633. The molecule has 6 heteroatoms. The highest BCUT2D eigenvalue weighted by molar-refractivity contribution is 7.14. The Morgan fingerprint density at radius 2 is 2.04 bits per heavy atom. The fourth-order valence-corrected chi connectivity index (χ4v) is 4.66. The Balaban J connectivity index is 1.32.